The quantitative estimate of drug-likeness (QED) is 0.610. The third-order valence-corrected chi connectivity index (χ3v) is 6.28. The third-order valence-electron chi connectivity index (χ3n) is 4.38. The molecule has 1 N–H and O–H groups in total. The molecule has 0 unspecified atom stereocenters. The molecule has 1 atom stereocenters. The van der Waals surface area contributed by atoms with Crippen LogP contribution in [0.5, 0.6) is 17.2 Å². The topological polar surface area (TPSA) is 117 Å². The number of amides is 1. The average molecular weight is 415 g/mol. The van der Waals surface area contributed by atoms with E-state index >= 15 is 0 Å². The fourth-order valence-corrected chi connectivity index (χ4v) is 5.18. The van der Waals surface area contributed by atoms with E-state index in [4.69, 9.17) is 18.9 Å². The number of carbonyl (C=O) groups excluding carboxylic acids is 2. The van der Waals surface area contributed by atoms with Crippen LogP contribution in [-0.2, 0) is 30.6 Å². The van der Waals surface area contributed by atoms with Gasteiger partial charge in [-0.3, -0.25) is 9.59 Å². The van der Waals surface area contributed by atoms with E-state index in [1.54, 1.807) is 19.1 Å². The van der Waals surface area contributed by atoms with Gasteiger partial charge in [0.2, 0.25) is 5.75 Å². The van der Waals surface area contributed by atoms with Gasteiger partial charge in [-0.15, -0.1) is 0 Å². The van der Waals surface area contributed by atoms with Crippen LogP contribution in [0.15, 0.2) is 12.1 Å². The summed E-state index contributed by atoms with van der Waals surface area (Å²) in [5, 5.41) is 2.63. The number of methoxy groups -OCH3 is 3. The lowest BCUT2D eigenvalue weighted by Gasteiger charge is -2.23. The van der Waals surface area contributed by atoms with Crippen molar-refractivity contribution in [2.75, 3.05) is 39.4 Å². The lowest BCUT2D eigenvalue weighted by Crippen LogP contribution is -2.48. The minimum absolute atomic E-state index is 0.0324. The zero-order valence-electron chi connectivity index (χ0n) is 16.4. The number of benzene rings is 1. The van der Waals surface area contributed by atoms with Crippen LogP contribution in [0.3, 0.4) is 0 Å². The van der Waals surface area contributed by atoms with Gasteiger partial charge in [0.1, 0.15) is 0 Å². The molecular weight excluding hydrogens is 390 g/mol. The molecule has 0 saturated carbocycles. The second kappa shape index (κ2) is 8.68. The third kappa shape index (κ3) is 5.51. The molecule has 0 spiro atoms. The van der Waals surface area contributed by atoms with E-state index in [0.717, 1.165) is 0 Å². The Morgan fingerprint density at radius 1 is 1.11 bits per heavy atom. The van der Waals surface area contributed by atoms with E-state index in [0.29, 0.717) is 29.2 Å². The van der Waals surface area contributed by atoms with Crippen molar-refractivity contribution in [3.63, 3.8) is 0 Å². The molecule has 0 aromatic heterocycles. The zero-order chi connectivity index (χ0) is 20.9. The standard InChI is InChI=1S/C18H25NO8S/c1-18(5-6-28(22,23)11-18)19-15(20)10-27-16(21)9-12-7-13(24-2)17(26-4)14(8-12)25-3/h7-8H,5-6,9-11H2,1-4H3,(H,19,20)/t18-/m0/s1. The van der Waals surface area contributed by atoms with Crippen molar-refractivity contribution in [1.82, 2.24) is 5.32 Å². The minimum Gasteiger partial charge on any atom is -0.493 e. The van der Waals surface area contributed by atoms with Gasteiger partial charge in [-0.1, -0.05) is 0 Å². The van der Waals surface area contributed by atoms with Gasteiger partial charge in [0.15, 0.2) is 27.9 Å². The van der Waals surface area contributed by atoms with Crippen molar-refractivity contribution in [1.29, 1.82) is 0 Å². The minimum atomic E-state index is -3.15. The Morgan fingerprint density at radius 2 is 1.71 bits per heavy atom. The van der Waals surface area contributed by atoms with Crippen molar-refractivity contribution in [2.24, 2.45) is 0 Å². The molecule has 0 radical (unpaired) electrons. The summed E-state index contributed by atoms with van der Waals surface area (Å²) < 4.78 is 43.9. The van der Waals surface area contributed by atoms with E-state index in [9.17, 15) is 18.0 Å². The molecule has 1 aliphatic heterocycles. The number of esters is 1. The maximum absolute atomic E-state index is 12.1. The van der Waals surface area contributed by atoms with Crippen LogP contribution in [0.4, 0.5) is 0 Å². The van der Waals surface area contributed by atoms with Crippen LogP contribution in [0.1, 0.15) is 18.9 Å². The van der Waals surface area contributed by atoms with E-state index in [1.165, 1.54) is 21.3 Å². The van der Waals surface area contributed by atoms with Crippen LogP contribution < -0.4 is 19.5 Å². The normalized spacial score (nSPS) is 20.3. The summed E-state index contributed by atoms with van der Waals surface area (Å²) in [5.74, 6) is -0.0428. The summed E-state index contributed by atoms with van der Waals surface area (Å²) in [6.07, 6.45) is 0.232. The van der Waals surface area contributed by atoms with Gasteiger partial charge in [-0.25, -0.2) is 8.42 Å². The second-order valence-corrected chi connectivity index (χ2v) is 9.01. The van der Waals surface area contributed by atoms with Crippen LogP contribution in [0, 0.1) is 0 Å². The molecule has 1 fully saturated rings. The van der Waals surface area contributed by atoms with Gasteiger partial charge >= 0.3 is 5.97 Å². The monoisotopic (exact) mass is 415 g/mol. The number of ether oxygens (including phenoxy) is 4. The van der Waals surface area contributed by atoms with Gasteiger partial charge in [0, 0.05) is 0 Å². The maximum Gasteiger partial charge on any atom is 0.310 e. The molecule has 1 saturated heterocycles. The summed E-state index contributed by atoms with van der Waals surface area (Å²) in [4.78, 5) is 24.1. The Labute approximate surface area is 164 Å². The molecule has 10 heteroatoms. The predicted octanol–water partition coefficient (Wildman–Crippen LogP) is 0.492. The first kappa shape index (κ1) is 21.8. The summed E-state index contributed by atoms with van der Waals surface area (Å²) in [6, 6.07) is 3.24. The number of hydrogen-bond donors (Lipinski definition) is 1. The Hall–Kier alpha value is -2.49. The number of rotatable bonds is 8. The Bertz CT molecular complexity index is 826. The van der Waals surface area contributed by atoms with E-state index in [1.807, 2.05) is 0 Å². The number of sulfone groups is 1. The Kier molecular flexibility index (Phi) is 6.76. The SMILES string of the molecule is COc1cc(CC(=O)OCC(=O)N[C@@]2(C)CCS(=O)(=O)C2)cc(OC)c1OC. The zero-order valence-corrected chi connectivity index (χ0v) is 17.2. The first-order chi connectivity index (χ1) is 13.1. The number of nitrogens with one attached hydrogen (secondary N) is 1. The average Bonchev–Trinajstić information content (AvgIpc) is 2.91. The van der Waals surface area contributed by atoms with E-state index in [-0.39, 0.29) is 17.9 Å². The fraction of sp³-hybridized carbons (Fsp3) is 0.556. The van der Waals surface area contributed by atoms with Gasteiger partial charge < -0.3 is 24.3 Å². The van der Waals surface area contributed by atoms with E-state index in [2.05, 4.69) is 5.32 Å². The highest BCUT2D eigenvalue weighted by Gasteiger charge is 2.39. The highest BCUT2D eigenvalue weighted by molar-refractivity contribution is 7.91. The van der Waals surface area contributed by atoms with Gasteiger partial charge in [0.05, 0.1) is 44.8 Å². The molecule has 2 rings (SSSR count). The molecule has 1 aromatic carbocycles. The highest BCUT2D eigenvalue weighted by atomic mass is 32.2. The lowest BCUT2D eigenvalue weighted by molar-refractivity contribution is -0.148. The molecule has 1 heterocycles. The van der Waals surface area contributed by atoms with Crippen molar-refractivity contribution in [3.8, 4) is 17.2 Å². The summed E-state index contributed by atoms with van der Waals surface area (Å²) >= 11 is 0. The second-order valence-electron chi connectivity index (χ2n) is 6.82. The molecule has 1 aliphatic rings. The Balaban J connectivity index is 1.93. The molecule has 9 nitrogen and oxygen atoms in total. The lowest BCUT2D eigenvalue weighted by atomic mass is 10.0. The van der Waals surface area contributed by atoms with Crippen LogP contribution >= 0.6 is 0 Å². The highest BCUT2D eigenvalue weighted by Crippen LogP contribution is 2.38. The van der Waals surface area contributed by atoms with Crippen molar-refractivity contribution < 1.29 is 37.0 Å². The van der Waals surface area contributed by atoms with Crippen molar-refractivity contribution in [3.05, 3.63) is 17.7 Å². The summed E-state index contributed by atoms with van der Waals surface area (Å²) in [6.45, 7) is 1.17. The van der Waals surface area contributed by atoms with Crippen LogP contribution in [0.25, 0.3) is 0 Å². The van der Waals surface area contributed by atoms with Gasteiger partial charge in [-0.2, -0.15) is 0 Å². The molecule has 1 aromatic rings. The summed E-state index contributed by atoms with van der Waals surface area (Å²) in [5.41, 5.74) is -0.271. The number of hydrogen-bond acceptors (Lipinski definition) is 8. The maximum atomic E-state index is 12.1. The molecule has 1 amide bonds. The molecule has 0 aliphatic carbocycles. The molecule has 0 bridgehead atoms. The molecule has 156 valence electrons. The first-order valence-electron chi connectivity index (χ1n) is 8.57. The fourth-order valence-electron chi connectivity index (χ4n) is 3.08. The largest absolute Gasteiger partial charge is 0.493 e. The Morgan fingerprint density at radius 3 is 2.18 bits per heavy atom. The van der Waals surface area contributed by atoms with Crippen molar-refractivity contribution >= 4 is 21.7 Å². The first-order valence-corrected chi connectivity index (χ1v) is 10.4. The van der Waals surface area contributed by atoms with Gasteiger partial charge in [0.25, 0.3) is 5.91 Å². The smallest absolute Gasteiger partial charge is 0.310 e. The van der Waals surface area contributed by atoms with E-state index < -0.39 is 33.9 Å². The van der Waals surface area contributed by atoms with Crippen LogP contribution in [-0.4, -0.2) is 65.3 Å². The summed E-state index contributed by atoms with van der Waals surface area (Å²) in [7, 11) is 1.26. The van der Waals surface area contributed by atoms with Gasteiger partial charge in [-0.05, 0) is 31.0 Å². The number of carbonyl (C=O) groups is 2. The predicted molar refractivity (Wildman–Crippen MR) is 101 cm³/mol. The molecular formula is C18H25NO8S. The van der Waals surface area contributed by atoms with Crippen LogP contribution in [0.2, 0.25) is 0 Å². The molecule has 28 heavy (non-hydrogen) atoms. The van der Waals surface area contributed by atoms with Crippen molar-refractivity contribution in [2.45, 2.75) is 25.3 Å².